The van der Waals surface area contributed by atoms with Crippen LogP contribution >= 0.6 is 0 Å². The fourth-order valence-corrected chi connectivity index (χ4v) is 3.13. The lowest BCUT2D eigenvalue weighted by Crippen LogP contribution is -2.27. The number of methoxy groups -OCH3 is 1. The van der Waals surface area contributed by atoms with Gasteiger partial charge in [-0.25, -0.2) is 0 Å². The molecule has 0 spiro atoms. The Morgan fingerprint density at radius 2 is 1.82 bits per heavy atom. The summed E-state index contributed by atoms with van der Waals surface area (Å²) in [5.74, 6) is -0.193. The van der Waals surface area contributed by atoms with Crippen LogP contribution in [-0.4, -0.2) is 41.8 Å². The van der Waals surface area contributed by atoms with Crippen LogP contribution in [0, 0.1) is 10.1 Å². The summed E-state index contributed by atoms with van der Waals surface area (Å²) in [5.41, 5.74) is 1.35. The zero-order valence-electron chi connectivity index (χ0n) is 15.5. The van der Waals surface area contributed by atoms with Crippen molar-refractivity contribution in [2.75, 3.05) is 20.2 Å². The summed E-state index contributed by atoms with van der Waals surface area (Å²) in [4.78, 5) is 37.0. The second-order valence-corrected chi connectivity index (χ2v) is 6.52. The third kappa shape index (κ3) is 4.28. The van der Waals surface area contributed by atoms with Crippen LogP contribution in [-0.2, 0) is 6.54 Å². The molecule has 8 nitrogen and oxygen atoms in total. The molecular formula is C20H21N3O5. The van der Waals surface area contributed by atoms with Crippen molar-refractivity contribution in [3.05, 3.63) is 69.3 Å². The molecule has 1 saturated heterocycles. The zero-order chi connectivity index (χ0) is 20.1. The van der Waals surface area contributed by atoms with Crippen molar-refractivity contribution in [1.82, 2.24) is 10.2 Å². The lowest BCUT2D eigenvalue weighted by atomic mass is 10.1. The highest BCUT2D eigenvalue weighted by Gasteiger charge is 2.20. The number of hydrogen-bond donors (Lipinski definition) is 1. The second-order valence-electron chi connectivity index (χ2n) is 6.52. The van der Waals surface area contributed by atoms with Gasteiger partial charge in [0.05, 0.1) is 17.6 Å². The Balaban J connectivity index is 1.65. The molecule has 0 aromatic heterocycles. The quantitative estimate of drug-likeness (QED) is 0.610. The number of ether oxygens (including phenoxy) is 1. The SMILES string of the molecule is COc1ccc([N+](=O)[O-])cc1C(=O)NCc1ccc(C(=O)N2CCCC2)cc1. The maximum Gasteiger partial charge on any atom is 0.270 e. The van der Waals surface area contributed by atoms with E-state index in [4.69, 9.17) is 4.74 Å². The van der Waals surface area contributed by atoms with E-state index < -0.39 is 10.8 Å². The van der Waals surface area contributed by atoms with Crippen molar-refractivity contribution in [2.24, 2.45) is 0 Å². The van der Waals surface area contributed by atoms with Crippen LogP contribution in [0.2, 0.25) is 0 Å². The highest BCUT2D eigenvalue weighted by molar-refractivity contribution is 5.97. The van der Waals surface area contributed by atoms with E-state index in [1.165, 1.54) is 25.3 Å². The molecule has 3 rings (SSSR count). The van der Waals surface area contributed by atoms with Crippen LogP contribution in [0.4, 0.5) is 5.69 Å². The summed E-state index contributed by atoms with van der Waals surface area (Å²) in [7, 11) is 1.40. The molecule has 1 aliphatic heterocycles. The number of hydrogen-bond acceptors (Lipinski definition) is 5. The molecule has 28 heavy (non-hydrogen) atoms. The van der Waals surface area contributed by atoms with Crippen LogP contribution in [0.1, 0.15) is 39.1 Å². The molecule has 1 N–H and O–H groups in total. The first-order valence-electron chi connectivity index (χ1n) is 8.98. The molecular weight excluding hydrogens is 362 g/mol. The van der Waals surface area contributed by atoms with E-state index >= 15 is 0 Å². The second kappa shape index (κ2) is 8.51. The first-order chi connectivity index (χ1) is 13.5. The van der Waals surface area contributed by atoms with E-state index in [0.29, 0.717) is 5.56 Å². The average Bonchev–Trinajstić information content (AvgIpc) is 3.26. The van der Waals surface area contributed by atoms with Gasteiger partial charge in [0.2, 0.25) is 0 Å². The maximum atomic E-state index is 12.4. The Kier molecular flexibility index (Phi) is 5.88. The fourth-order valence-electron chi connectivity index (χ4n) is 3.13. The number of carbonyl (C=O) groups excluding carboxylic acids is 2. The summed E-state index contributed by atoms with van der Waals surface area (Å²) >= 11 is 0. The third-order valence-electron chi connectivity index (χ3n) is 4.69. The Labute approximate surface area is 162 Å². The molecule has 8 heteroatoms. The smallest absolute Gasteiger partial charge is 0.270 e. The number of carbonyl (C=O) groups is 2. The number of nitrogens with zero attached hydrogens (tertiary/aromatic N) is 2. The number of benzene rings is 2. The van der Waals surface area contributed by atoms with Crippen LogP contribution in [0.3, 0.4) is 0 Å². The topological polar surface area (TPSA) is 102 Å². The van der Waals surface area contributed by atoms with E-state index in [9.17, 15) is 19.7 Å². The minimum absolute atomic E-state index is 0.0226. The molecule has 0 saturated carbocycles. The first-order valence-corrected chi connectivity index (χ1v) is 8.98. The van der Waals surface area contributed by atoms with Gasteiger partial charge in [0.15, 0.2) is 0 Å². The van der Waals surface area contributed by atoms with Gasteiger partial charge in [-0.3, -0.25) is 19.7 Å². The largest absolute Gasteiger partial charge is 0.496 e. The third-order valence-corrected chi connectivity index (χ3v) is 4.69. The van der Waals surface area contributed by atoms with Crippen LogP contribution < -0.4 is 10.1 Å². The van der Waals surface area contributed by atoms with Crippen molar-refractivity contribution < 1.29 is 19.2 Å². The van der Waals surface area contributed by atoms with Gasteiger partial charge in [0.25, 0.3) is 17.5 Å². The molecule has 0 bridgehead atoms. The first kappa shape index (κ1) is 19.3. The highest BCUT2D eigenvalue weighted by atomic mass is 16.6. The zero-order valence-corrected chi connectivity index (χ0v) is 15.5. The Morgan fingerprint density at radius 1 is 1.14 bits per heavy atom. The highest BCUT2D eigenvalue weighted by Crippen LogP contribution is 2.24. The van der Waals surface area contributed by atoms with E-state index in [2.05, 4.69) is 5.32 Å². The monoisotopic (exact) mass is 383 g/mol. The minimum atomic E-state index is -0.563. The Morgan fingerprint density at radius 3 is 2.43 bits per heavy atom. The summed E-state index contributed by atoms with van der Waals surface area (Å²) in [6.07, 6.45) is 2.08. The van der Waals surface area contributed by atoms with Gasteiger partial charge < -0.3 is 15.0 Å². The number of rotatable bonds is 6. The molecule has 1 heterocycles. The Bertz CT molecular complexity index is 889. The van der Waals surface area contributed by atoms with E-state index in [1.807, 2.05) is 4.90 Å². The van der Waals surface area contributed by atoms with Gasteiger partial charge in [0.1, 0.15) is 5.75 Å². The molecule has 2 aromatic rings. The number of nitro benzene ring substituents is 1. The molecule has 0 radical (unpaired) electrons. The number of nitro groups is 1. The number of nitrogens with one attached hydrogen (secondary N) is 1. The van der Waals surface area contributed by atoms with Gasteiger partial charge >= 0.3 is 0 Å². The van der Waals surface area contributed by atoms with Gasteiger partial charge in [-0.1, -0.05) is 12.1 Å². The van der Waals surface area contributed by atoms with Crippen molar-refractivity contribution in [1.29, 1.82) is 0 Å². The summed E-state index contributed by atoms with van der Waals surface area (Å²) in [5, 5.41) is 13.7. The lowest BCUT2D eigenvalue weighted by molar-refractivity contribution is -0.384. The normalized spacial score (nSPS) is 13.2. The van der Waals surface area contributed by atoms with Gasteiger partial charge in [-0.2, -0.15) is 0 Å². The van der Waals surface area contributed by atoms with Crippen molar-refractivity contribution in [3.63, 3.8) is 0 Å². The standard InChI is InChI=1S/C20H21N3O5/c1-28-18-9-8-16(23(26)27)12-17(18)19(24)21-13-14-4-6-15(7-5-14)20(25)22-10-2-3-11-22/h4-9,12H,2-3,10-11,13H2,1H3,(H,21,24). The van der Waals surface area contributed by atoms with Crippen LogP contribution in [0.15, 0.2) is 42.5 Å². The van der Waals surface area contributed by atoms with Gasteiger partial charge in [-0.15, -0.1) is 0 Å². The molecule has 2 amide bonds. The molecule has 1 fully saturated rings. The summed E-state index contributed by atoms with van der Waals surface area (Å²) in [6, 6.07) is 10.9. The van der Waals surface area contributed by atoms with Crippen molar-refractivity contribution in [2.45, 2.75) is 19.4 Å². The Hall–Kier alpha value is -3.42. The predicted molar refractivity (Wildman–Crippen MR) is 102 cm³/mol. The predicted octanol–water partition coefficient (Wildman–Crippen LogP) is 2.77. The van der Waals surface area contributed by atoms with Crippen LogP contribution in [0.5, 0.6) is 5.75 Å². The van der Waals surface area contributed by atoms with Crippen molar-refractivity contribution >= 4 is 17.5 Å². The molecule has 1 aliphatic rings. The summed E-state index contributed by atoms with van der Waals surface area (Å²) in [6.45, 7) is 1.81. The van der Waals surface area contributed by atoms with Crippen molar-refractivity contribution in [3.8, 4) is 5.75 Å². The molecule has 146 valence electrons. The van der Waals surface area contributed by atoms with Crippen LogP contribution in [0.25, 0.3) is 0 Å². The molecule has 0 aliphatic carbocycles. The van der Waals surface area contributed by atoms with E-state index in [1.54, 1.807) is 24.3 Å². The van der Waals surface area contributed by atoms with Gasteiger partial charge in [0, 0.05) is 37.3 Å². The molecule has 0 atom stereocenters. The van der Waals surface area contributed by atoms with Gasteiger partial charge in [-0.05, 0) is 36.6 Å². The maximum absolute atomic E-state index is 12.4. The molecule has 2 aromatic carbocycles. The lowest BCUT2D eigenvalue weighted by Gasteiger charge is -2.15. The number of likely N-dealkylation sites (tertiary alicyclic amines) is 1. The number of amides is 2. The average molecular weight is 383 g/mol. The summed E-state index contributed by atoms with van der Waals surface area (Å²) < 4.78 is 5.12. The van der Waals surface area contributed by atoms with E-state index in [-0.39, 0.29) is 29.5 Å². The fraction of sp³-hybridized carbons (Fsp3) is 0.300. The van der Waals surface area contributed by atoms with E-state index in [0.717, 1.165) is 31.5 Å². The minimum Gasteiger partial charge on any atom is -0.496 e. The molecule has 0 unspecified atom stereocenters. The number of non-ortho nitro benzene ring substituents is 1.